The van der Waals surface area contributed by atoms with E-state index in [-0.39, 0.29) is 17.8 Å². The molecular formula is C23H28N2O3. The molecule has 0 spiro atoms. The minimum atomic E-state index is -0.348. The van der Waals surface area contributed by atoms with Crippen molar-refractivity contribution in [2.75, 3.05) is 25.0 Å². The third-order valence-corrected chi connectivity index (χ3v) is 5.20. The van der Waals surface area contributed by atoms with Crippen LogP contribution in [0.5, 0.6) is 0 Å². The van der Waals surface area contributed by atoms with Crippen molar-refractivity contribution in [1.29, 1.82) is 0 Å². The Morgan fingerprint density at radius 3 is 2.61 bits per heavy atom. The van der Waals surface area contributed by atoms with Crippen LogP contribution in [0.3, 0.4) is 0 Å². The van der Waals surface area contributed by atoms with Crippen LogP contribution in [0.4, 0.5) is 5.69 Å². The molecule has 0 aromatic heterocycles. The summed E-state index contributed by atoms with van der Waals surface area (Å²) in [5.41, 5.74) is 3.80. The van der Waals surface area contributed by atoms with E-state index in [1.165, 1.54) is 11.1 Å². The number of esters is 1. The summed E-state index contributed by atoms with van der Waals surface area (Å²) < 4.78 is 4.98. The maximum Gasteiger partial charge on any atom is 0.338 e. The van der Waals surface area contributed by atoms with Gasteiger partial charge in [-0.2, -0.15) is 0 Å². The van der Waals surface area contributed by atoms with Gasteiger partial charge in [0, 0.05) is 18.8 Å². The number of anilines is 1. The number of likely N-dealkylation sites (tertiary alicyclic amines) is 1. The van der Waals surface area contributed by atoms with E-state index in [0.717, 1.165) is 32.5 Å². The predicted octanol–water partition coefficient (Wildman–Crippen LogP) is 4.02. The molecule has 0 bridgehead atoms. The first-order chi connectivity index (χ1) is 13.6. The van der Waals surface area contributed by atoms with Gasteiger partial charge in [0.15, 0.2) is 0 Å². The molecule has 1 heterocycles. The molecule has 1 fully saturated rings. The van der Waals surface area contributed by atoms with Crippen LogP contribution in [0.15, 0.2) is 48.5 Å². The molecule has 2 aromatic carbocycles. The number of nitrogens with one attached hydrogen (secondary N) is 1. The van der Waals surface area contributed by atoms with Gasteiger partial charge >= 0.3 is 5.97 Å². The van der Waals surface area contributed by atoms with E-state index < -0.39 is 0 Å². The van der Waals surface area contributed by atoms with E-state index in [0.29, 0.717) is 17.9 Å². The number of nitrogens with zero attached hydrogens (tertiary/aromatic N) is 1. The number of ether oxygens (including phenoxy) is 1. The SMILES string of the molecule is CCOC(=O)c1ccc(NC(=O)C2CCCN(Cc3ccccc3C)C2)cc1. The minimum absolute atomic E-state index is 0.0255. The van der Waals surface area contributed by atoms with Gasteiger partial charge in [-0.15, -0.1) is 0 Å². The van der Waals surface area contributed by atoms with E-state index in [1.807, 2.05) is 0 Å². The first-order valence-electron chi connectivity index (χ1n) is 9.91. The lowest BCUT2D eigenvalue weighted by molar-refractivity contribution is -0.121. The zero-order chi connectivity index (χ0) is 19.9. The predicted molar refractivity (Wildman–Crippen MR) is 110 cm³/mol. The van der Waals surface area contributed by atoms with Crippen LogP contribution < -0.4 is 5.32 Å². The Morgan fingerprint density at radius 2 is 1.89 bits per heavy atom. The van der Waals surface area contributed by atoms with Crippen molar-refractivity contribution in [2.45, 2.75) is 33.2 Å². The lowest BCUT2D eigenvalue weighted by Gasteiger charge is -2.32. The van der Waals surface area contributed by atoms with Crippen molar-refractivity contribution in [3.63, 3.8) is 0 Å². The Kier molecular flexibility index (Phi) is 6.82. The van der Waals surface area contributed by atoms with Gasteiger partial charge in [0.05, 0.1) is 18.1 Å². The zero-order valence-electron chi connectivity index (χ0n) is 16.6. The second-order valence-electron chi connectivity index (χ2n) is 7.29. The Morgan fingerprint density at radius 1 is 1.14 bits per heavy atom. The monoisotopic (exact) mass is 380 g/mol. The summed E-state index contributed by atoms with van der Waals surface area (Å²) in [4.78, 5) is 26.8. The normalized spacial score (nSPS) is 17.1. The molecular weight excluding hydrogens is 352 g/mol. The first-order valence-corrected chi connectivity index (χ1v) is 9.91. The van der Waals surface area contributed by atoms with E-state index in [2.05, 4.69) is 41.4 Å². The summed E-state index contributed by atoms with van der Waals surface area (Å²) in [7, 11) is 0. The highest BCUT2D eigenvalue weighted by Gasteiger charge is 2.26. The molecule has 1 unspecified atom stereocenters. The van der Waals surface area contributed by atoms with Crippen LogP contribution in [-0.4, -0.2) is 36.5 Å². The van der Waals surface area contributed by atoms with Crippen molar-refractivity contribution in [3.8, 4) is 0 Å². The quantitative estimate of drug-likeness (QED) is 0.769. The topological polar surface area (TPSA) is 58.6 Å². The second kappa shape index (κ2) is 9.51. The summed E-state index contributed by atoms with van der Waals surface area (Å²) in [6.07, 6.45) is 1.92. The molecule has 1 amide bonds. The van der Waals surface area contributed by atoms with E-state index in [4.69, 9.17) is 4.74 Å². The molecule has 1 atom stereocenters. The zero-order valence-corrected chi connectivity index (χ0v) is 16.6. The molecule has 5 heteroatoms. The van der Waals surface area contributed by atoms with Gasteiger partial charge in [0.1, 0.15) is 0 Å². The number of aryl methyl sites for hydroxylation is 1. The highest BCUT2D eigenvalue weighted by Crippen LogP contribution is 2.21. The standard InChI is InChI=1S/C23H28N2O3/c1-3-28-23(27)18-10-12-21(13-11-18)24-22(26)20-9-6-14-25(16-20)15-19-8-5-4-7-17(19)2/h4-5,7-8,10-13,20H,3,6,9,14-16H2,1-2H3,(H,24,26). The molecule has 1 N–H and O–H groups in total. The number of rotatable bonds is 6. The maximum absolute atomic E-state index is 12.7. The Labute approximate surface area is 166 Å². The summed E-state index contributed by atoms with van der Waals surface area (Å²) in [6, 6.07) is 15.3. The Balaban J connectivity index is 1.56. The van der Waals surface area contributed by atoms with E-state index >= 15 is 0 Å². The molecule has 28 heavy (non-hydrogen) atoms. The number of amides is 1. The summed E-state index contributed by atoms with van der Waals surface area (Å²) >= 11 is 0. The van der Waals surface area contributed by atoms with Crippen LogP contribution in [-0.2, 0) is 16.1 Å². The smallest absolute Gasteiger partial charge is 0.338 e. The van der Waals surface area contributed by atoms with Crippen molar-refractivity contribution in [3.05, 3.63) is 65.2 Å². The first kappa shape index (κ1) is 20.1. The third-order valence-electron chi connectivity index (χ3n) is 5.20. The number of benzene rings is 2. The average Bonchev–Trinajstić information content (AvgIpc) is 2.71. The molecule has 2 aromatic rings. The Bertz CT molecular complexity index is 817. The molecule has 1 aliphatic heterocycles. The highest BCUT2D eigenvalue weighted by molar-refractivity contribution is 5.94. The lowest BCUT2D eigenvalue weighted by atomic mass is 9.96. The van der Waals surface area contributed by atoms with Crippen molar-refractivity contribution in [2.24, 2.45) is 5.92 Å². The summed E-state index contributed by atoms with van der Waals surface area (Å²) in [6.45, 7) is 6.92. The number of piperidine rings is 1. The average molecular weight is 380 g/mol. The van der Waals surface area contributed by atoms with Gasteiger partial charge in [-0.25, -0.2) is 4.79 Å². The molecule has 0 saturated carbocycles. The highest BCUT2D eigenvalue weighted by atomic mass is 16.5. The number of hydrogen-bond acceptors (Lipinski definition) is 4. The largest absolute Gasteiger partial charge is 0.462 e. The molecule has 0 radical (unpaired) electrons. The molecule has 148 valence electrons. The van der Waals surface area contributed by atoms with Gasteiger partial charge in [0.2, 0.25) is 5.91 Å². The fourth-order valence-corrected chi connectivity index (χ4v) is 3.59. The van der Waals surface area contributed by atoms with Gasteiger partial charge < -0.3 is 10.1 Å². The van der Waals surface area contributed by atoms with Gasteiger partial charge in [-0.05, 0) is 68.6 Å². The molecule has 0 aliphatic carbocycles. The fraction of sp³-hybridized carbons (Fsp3) is 0.391. The Hall–Kier alpha value is -2.66. The van der Waals surface area contributed by atoms with Crippen molar-refractivity contribution >= 4 is 17.6 Å². The van der Waals surface area contributed by atoms with Crippen molar-refractivity contribution in [1.82, 2.24) is 4.90 Å². The number of carbonyl (C=O) groups excluding carboxylic acids is 2. The van der Waals surface area contributed by atoms with Crippen molar-refractivity contribution < 1.29 is 14.3 Å². The van der Waals surface area contributed by atoms with Crippen LogP contribution in [0.1, 0.15) is 41.3 Å². The maximum atomic E-state index is 12.7. The summed E-state index contributed by atoms with van der Waals surface area (Å²) in [5.74, 6) is -0.333. The molecule has 3 rings (SSSR count). The van der Waals surface area contributed by atoms with Gasteiger partial charge in [0.25, 0.3) is 0 Å². The fourth-order valence-electron chi connectivity index (χ4n) is 3.59. The third kappa shape index (κ3) is 5.20. The minimum Gasteiger partial charge on any atom is -0.462 e. The van der Waals surface area contributed by atoms with Crippen LogP contribution in [0.2, 0.25) is 0 Å². The van der Waals surface area contributed by atoms with Crippen LogP contribution in [0.25, 0.3) is 0 Å². The van der Waals surface area contributed by atoms with Crippen LogP contribution in [0, 0.1) is 12.8 Å². The number of hydrogen-bond donors (Lipinski definition) is 1. The second-order valence-corrected chi connectivity index (χ2v) is 7.29. The van der Waals surface area contributed by atoms with Gasteiger partial charge in [-0.3, -0.25) is 9.69 Å². The molecule has 5 nitrogen and oxygen atoms in total. The van der Waals surface area contributed by atoms with Gasteiger partial charge in [-0.1, -0.05) is 24.3 Å². The molecule has 1 aliphatic rings. The van der Waals surface area contributed by atoms with E-state index in [1.54, 1.807) is 31.2 Å². The summed E-state index contributed by atoms with van der Waals surface area (Å²) in [5, 5.41) is 2.99. The van der Waals surface area contributed by atoms with E-state index in [9.17, 15) is 9.59 Å². The lowest BCUT2D eigenvalue weighted by Crippen LogP contribution is -2.40. The number of carbonyl (C=O) groups is 2. The van der Waals surface area contributed by atoms with Crippen LogP contribution >= 0.6 is 0 Å². The molecule has 1 saturated heterocycles.